The zero-order chi connectivity index (χ0) is 20.5. The molecule has 152 valence electrons. The Morgan fingerprint density at radius 3 is 2.32 bits per heavy atom. The van der Waals surface area contributed by atoms with E-state index in [9.17, 15) is 26.4 Å². The molecule has 0 bridgehead atoms. The van der Waals surface area contributed by atoms with Gasteiger partial charge in [-0.2, -0.15) is 22.6 Å². The summed E-state index contributed by atoms with van der Waals surface area (Å²) in [7, 11) is -2.59. The molecule has 0 atom stereocenters. The van der Waals surface area contributed by atoms with Gasteiger partial charge < -0.3 is 10.1 Å². The summed E-state index contributed by atoms with van der Waals surface area (Å²) in [5.41, 5.74) is -1.23. The highest BCUT2D eigenvalue weighted by Crippen LogP contribution is 2.29. The van der Waals surface area contributed by atoms with Gasteiger partial charge in [0.15, 0.2) is 5.69 Å². The maximum atomic E-state index is 12.8. The van der Waals surface area contributed by atoms with E-state index in [4.69, 9.17) is 4.74 Å². The van der Waals surface area contributed by atoms with Crippen molar-refractivity contribution < 1.29 is 31.1 Å². The molecule has 28 heavy (non-hydrogen) atoms. The van der Waals surface area contributed by atoms with Crippen LogP contribution in [0, 0.1) is 0 Å². The number of nitrogens with one attached hydrogen (secondary N) is 1. The van der Waals surface area contributed by atoms with Crippen LogP contribution in [0.1, 0.15) is 16.2 Å². The third kappa shape index (κ3) is 4.18. The number of sulfonamides is 1. The van der Waals surface area contributed by atoms with Crippen LogP contribution in [0.3, 0.4) is 0 Å². The molecule has 1 N–H and O–H groups in total. The van der Waals surface area contributed by atoms with Crippen LogP contribution in [0.5, 0.6) is 0 Å². The number of ether oxygens (including phenoxy) is 1. The largest absolute Gasteiger partial charge is 0.433 e. The second kappa shape index (κ2) is 7.53. The summed E-state index contributed by atoms with van der Waals surface area (Å²) in [4.78, 5) is 12.2. The van der Waals surface area contributed by atoms with Crippen molar-refractivity contribution >= 4 is 21.6 Å². The van der Waals surface area contributed by atoms with E-state index < -0.39 is 33.5 Å². The van der Waals surface area contributed by atoms with E-state index in [0.717, 1.165) is 7.05 Å². The number of halogens is 3. The third-order valence-corrected chi connectivity index (χ3v) is 6.04. The number of morpholine rings is 1. The van der Waals surface area contributed by atoms with E-state index in [-0.39, 0.29) is 23.7 Å². The van der Waals surface area contributed by atoms with Gasteiger partial charge in [-0.05, 0) is 24.3 Å². The van der Waals surface area contributed by atoms with Crippen molar-refractivity contribution in [3.8, 4) is 0 Å². The topological polar surface area (TPSA) is 93.5 Å². The fourth-order valence-corrected chi connectivity index (χ4v) is 4.09. The number of carbonyl (C=O) groups excluding carboxylic acids is 1. The van der Waals surface area contributed by atoms with Gasteiger partial charge in [-0.25, -0.2) is 8.42 Å². The van der Waals surface area contributed by atoms with Crippen molar-refractivity contribution in [2.24, 2.45) is 7.05 Å². The molecule has 2 heterocycles. The van der Waals surface area contributed by atoms with Crippen molar-refractivity contribution in [1.82, 2.24) is 14.1 Å². The van der Waals surface area contributed by atoms with E-state index in [1.807, 2.05) is 0 Å². The molecule has 1 aromatic heterocycles. The van der Waals surface area contributed by atoms with Gasteiger partial charge in [-0.1, -0.05) is 0 Å². The Morgan fingerprint density at radius 2 is 1.79 bits per heavy atom. The molecule has 12 heteroatoms. The molecule has 1 aliphatic rings. The van der Waals surface area contributed by atoms with E-state index in [1.54, 1.807) is 0 Å². The summed E-state index contributed by atoms with van der Waals surface area (Å²) in [6.07, 6.45) is -4.63. The molecule has 0 spiro atoms. The average molecular weight is 418 g/mol. The summed E-state index contributed by atoms with van der Waals surface area (Å²) in [6.45, 7) is 1.14. The molecule has 0 radical (unpaired) electrons. The van der Waals surface area contributed by atoms with Gasteiger partial charge in [0, 0.05) is 31.9 Å². The highest BCUT2D eigenvalue weighted by molar-refractivity contribution is 7.89. The van der Waals surface area contributed by atoms with Crippen LogP contribution in [-0.4, -0.2) is 54.7 Å². The first-order chi connectivity index (χ1) is 13.1. The second-order valence-corrected chi connectivity index (χ2v) is 7.97. The lowest BCUT2D eigenvalue weighted by Crippen LogP contribution is -2.40. The van der Waals surface area contributed by atoms with Gasteiger partial charge in [0.2, 0.25) is 10.0 Å². The second-order valence-electron chi connectivity index (χ2n) is 6.03. The van der Waals surface area contributed by atoms with Gasteiger partial charge in [-0.15, -0.1) is 0 Å². The number of aromatic nitrogens is 2. The molecular weight excluding hydrogens is 401 g/mol. The lowest BCUT2D eigenvalue weighted by atomic mass is 10.3. The molecule has 1 aliphatic heterocycles. The minimum absolute atomic E-state index is 0.0459. The number of benzene rings is 1. The van der Waals surface area contributed by atoms with Crippen molar-refractivity contribution in [3.05, 3.63) is 41.7 Å². The maximum absolute atomic E-state index is 12.8. The quantitative estimate of drug-likeness (QED) is 0.816. The number of nitrogens with zero attached hydrogens (tertiary/aromatic N) is 3. The Bertz CT molecular complexity index is 965. The Morgan fingerprint density at radius 1 is 1.18 bits per heavy atom. The Balaban J connectivity index is 1.73. The molecule has 2 aromatic rings. The molecular formula is C16H17F3N4O4S. The minimum Gasteiger partial charge on any atom is -0.379 e. The van der Waals surface area contributed by atoms with E-state index in [1.165, 1.54) is 28.6 Å². The number of hydrogen-bond acceptors (Lipinski definition) is 5. The van der Waals surface area contributed by atoms with Crippen LogP contribution in [-0.2, 0) is 28.0 Å². The Hall–Kier alpha value is -2.44. The predicted octanol–water partition coefficient (Wildman–Crippen LogP) is 1.71. The SMILES string of the molecule is Cn1nc(C(=O)Nc2ccc(S(=O)(=O)N3CCOCC3)cc2)cc1C(F)(F)F. The van der Waals surface area contributed by atoms with Gasteiger partial charge >= 0.3 is 6.18 Å². The Labute approximate surface area is 158 Å². The van der Waals surface area contributed by atoms with Crippen LogP contribution in [0.2, 0.25) is 0 Å². The van der Waals surface area contributed by atoms with Gasteiger partial charge in [0.05, 0.1) is 18.1 Å². The molecule has 3 rings (SSSR count). The number of anilines is 1. The van der Waals surface area contributed by atoms with Gasteiger partial charge in [0.1, 0.15) is 5.69 Å². The molecule has 1 fully saturated rings. The Kier molecular flexibility index (Phi) is 5.46. The van der Waals surface area contributed by atoms with Crippen LogP contribution in [0.25, 0.3) is 0 Å². The van der Waals surface area contributed by atoms with Crippen molar-refractivity contribution in [1.29, 1.82) is 0 Å². The van der Waals surface area contributed by atoms with Crippen LogP contribution in [0.15, 0.2) is 35.2 Å². The number of amides is 1. The fourth-order valence-electron chi connectivity index (χ4n) is 2.68. The zero-order valence-electron chi connectivity index (χ0n) is 14.7. The molecule has 0 saturated carbocycles. The normalized spacial score (nSPS) is 16.1. The summed E-state index contributed by atoms with van der Waals surface area (Å²) >= 11 is 0. The fraction of sp³-hybridized carbons (Fsp3) is 0.375. The highest BCUT2D eigenvalue weighted by Gasteiger charge is 2.35. The van der Waals surface area contributed by atoms with E-state index in [0.29, 0.717) is 24.0 Å². The van der Waals surface area contributed by atoms with Crippen LogP contribution < -0.4 is 5.32 Å². The number of alkyl halides is 3. The standard InChI is InChI=1S/C16H17F3N4O4S/c1-22-14(16(17,18)19)10-13(21-22)15(24)20-11-2-4-12(5-3-11)28(25,26)23-6-8-27-9-7-23/h2-5,10H,6-9H2,1H3,(H,20,24). The van der Waals surface area contributed by atoms with Crippen LogP contribution >= 0.6 is 0 Å². The zero-order valence-corrected chi connectivity index (χ0v) is 15.5. The molecule has 1 aromatic carbocycles. The molecule has 1 amide bonds. The lowest BCUT2D eigenvalue weighted by molar-refractivity contribution is -0.143. The summed E-state index contributed by atoms with van der Waals surface area (Å²) in [6, 6.07) is 6.00. The monoisotopic (exact) mass is 418 g/mol. The van der Waals surface area contributed by atoms with Crippen LogP contribution in [0.4, 0.5) is 18.9 Å². The molecule has 1 saturated heterocycles. The number of rotatable bonds is 4. The average Bonchev–Trinajstić information content (AvgIpc) is 3.05. The number of hydrogen-bond donors (Lipinski definition) is 1. The summed E-state index contributed by atoms with van der Waals surface area (Å²) in [5.74, 6) is -0.838. The van der Waals surface area contributed by atoms with Crippen molar-refractivity contribution in [2.45, 2.75) is 11.1 Å². The number of carbonyl (C=O) groups is 1. The van der Waals surface area contributed by atoms with Gasteiger partial charge in [-0.3, -0.25) is 9.48 Å². The molecule has 0 aliphatic carbocycles. The first-order valence-electron chi connectivity index (χ1n) is 8.19. The van der Waals surface area contributed by atoms with Crippen molar-refractivity contribution in [3.63, 3.8) is 0 Å². The molecule has 8 nitrogen and oxygen atoms in total. The van der Waals surface area contributed by atoms with E-state index in [2.05, 4.69) is 10.4 Å². The predicted molar refractivity (Wildman–Crippen MR) is 92.2 cm³/mol. The first-order valence-corrected chi connectivity index (χ1v) is 9.63. The third-order valence-electron chi connectivity index (χ3n) is 4.12. The van der Waals surface area contributed by atoms with E-state index >= 15 is 0 Å². The summed E-state index contributed by atoms with van der Waals surface area (Å²) < 4.78 is 70.5. The molecule has 0 unspecified atom stereocenters. The number of aryl methyl sites for hydroxylation is 1. The van der Waals surface area contributed by atoms with Crippen molar-refractivity contribution in [2.75, 3.05) is 31.6 Å². The van der Waals surface area contributed by atoms with Gasteiger partial charge in [0.25, 0.3) is 5.91 Å². The maximum Gasteiger partial charge on any atom is 0.433 e. The first kappa shape index (κ1) is 20.3. The summed E-state index contributed by atoms with van der Waals surface area (Å²) in [5, 5.41) is 5.96. The smallest absolute Gasteiger partial charge is 0.379 e. The highest BCUT2D eigenvalue weighted by atomic mass is 32.2. The lowest BCUT2D eigenvalue weighted by Gasteiger charge is -2.26. The minimum atomic E-state index is -4.63.